The number of hydrogen-bond donors (Lipinski definition) is 2. The van der Waals surface area contributed by atoms with Crippen LogP contribution in [0.3, 0.4) is 0 Å². The number of rotatable bonds is 8. The molecule has 0 saturated heterocycles. The van der Waals surface area contributed by atoms with E-state index in [0.29, 0.717) is 41.8 Å². The normalized spacial score (nSPS) is 12.9. The first-order valence-electron chi connectivity index (χ1n) is 10.9. The lowest BCUT2D eigenvalue weighted by molar-refractivity contribution is 0.0951. The number of carbonyl (C=O) groups excluding carboxylic acids is 1. The zero-order valence-electron chi connectivity index (χ0n) is 19.4. The van der Waals surface area contributed by atoms with Crippen LogP contribution >= 0.6 is 0 Å². The van der Waals surface area contributed by atoms with Crippen molar-refractivity contribution in [3.8, 4) is 23.0 Å². The van der Waals surface area contributed by atoms with Crippen molar-refractivity contribution in [2.75, 3.05) is 32.2 Å². The van der Waals surface area contributed by atoms with Crippen molar-refractivity contribution in [3.05, 3.63) is 71.8 Å². The van der Waals surface area contributed by atoms with Crippen LogP contribution in [0.1, 0.15) is 22.3 Å². The lowest BCUT2D eigenvalue weighted by Gasteiger charge is -2.13. The minimum Gasteiger partial charge on any atom is -0.493 e. The predicted molar refractivity (Wildman–Crippen MR) is 130 cm³/mol. The molecule has 10 heteroatoms. The fourth-order valence-electron chi connectivity index (χ4n) is 3.52. The topological polar surface area (TPSA) is 112 Å². The number of hydrogen-bond acceptors (Lipinski definition) is 7. The van der Waals surface area contributed by atoms with Gasteiger partial charge in [-0.05, 0) is 48.0 Å². The summed E-state index contributed by atoms with van der Waals surface area (Å²) in [6.45, 7) is 1.22. The van der Waals surface area contributed by atoms with Crippen molar-refractivity contribution in [1.29, 1.82) is 0 Å². The van der Waals surface area contributed by atoms with Crippen LogP contribution < -0.4 is 29.0 Å². The Morgan fingerprint density at radius 2 is 1.69 bits per heavy atom. The molecule has 1 aliphatic heterocycles. The molecule has 0 fully saturated rings. The minimum atomic E-state index is -3.91. The summed E-state index contributed by atoms with van der Waals surface area (Å²) in [5, 5.41) is 2.82. The first-order valence-corrected chi connectivity index (χ1v) is 12.4. The SMILES string of the molecule is COc1ccc(CNC(=O)c2cccc(NS(=O)(=O)c3ccc4c(c3)OCCCO4)c2)cc1OC. The van der Waals surface area contributed by atoms with E-state index in [2.05, 4.69) is 10.0 Å². The van der Waals surface area contributed by atoms with Gasteiger partial charge < -0.3 is 24.3 Å². The smallest absolute Gasteiger partial charge is 0.262 e. The highest BCUT2D eigenvalue weighted by Crippen LogP contribution is 2.32. The Morgan fingerprint density at radius 1 is 0.914 bits per heavy atom. The number of ether oxygens (including phenoxy) is 4. The molecule has 0 aliphatic carbocycles. The average Bonchev–Trinajstić information content (AvgIpc) is 3.12. The number of sulfonamides is 1. The Balaban J connectivity index is 1.45. The van der Waals surface area contributed by atoms with Gasteiger partial charge in [-0.1, -0.05) is 12.1 Å². The maximum Gasteiger partial charge on any atom is 0.262 e. The molecule has 9 nitrogen and oxygen atoms in total. The van der Waals surface area contributed by atoms with Crippen LogP contribution in [0.5, 0.6) is 23.0 Å². The van der Waals surface area contributed by atoms with Gasteiger partial charge in [-0.2, -0.15) is 0 Å². The van der Waals surface area contributed by atoms with E-state index in [1.54, 1.807) is 50.6 Å². The number of fused-ring (bicyclic) bond motifs is 1. The van der Waals surface area contributed by atoms with E-state index in [1.807, 2.05) is 6.07 Å². The van der Waals surface area contributed by atoms with E-state index in [9.17, 15) is 13.2 Å². The molecule has 0 spiro atoms. The van der Waals surface area contributed by atoms with E-state index in [-0.39, 0.29) is 23.0 Å². The number of carbonyl (C=O) groups is 1. The zero-order chi connectivity index (χ0) is 24.8. The van der Waals surface area contributed by atoms with Crippen LogP contribution in [0, 0.1) is 0 Å². The Bertz CT molecular complexity index is 1330. The van der Waals surface area contributed by atoms with Crippen molar-refractivity contribution < 1.29 is 32.2 Å². The molecule has 0 atom stereocenters. The molecule has 0 saturated carbocycles. The summed E-state index contributed by atoms with van der Waals surface area (Å²) in [5.41, 5.74) is 1.39. The number of methoxy groups -OCH3 is 2. The number of anilines is 1. The first-order chi connectivity index (χ1) is 16.9. The fraction of sp³-hybridized carbons (Fsp3) is 0.240. The van der Waals surface area contributed by atoms with Gasteiger partial charge >= 0.3 is 0 Å². The zero-order valence-corrected chi connectivity index (χ0v) is 20.2. The second-order valence-electron chi connectivity index (χ2n) is 7.72. The standard InChI is InChI=1S/C25H26N2O7S/c1-31-21-9-7-17(13-23(21)32-2)16-26-25(28)18-5-3-6-19(14-18)27-35(29,30)20-8-10-22-24(15-20)34-12-4-11-33-22/h3,5-10,13-15,27H,4,11-12,16H2,1-2H3,(H,26,28). The number of nitrogens with one attached hydrogen (secondary N) is 2. The summed E-state index contributed by atoms with van der Waals surface area (Å²) in [6.07, 6.45) is 0.718. The number of benzene rings is 3. The van der Waals surface area contributed by atoms with Gasteiger partial charge in [-0.3, -0.25) is 9.52 Å². The Labute approximate surface area is 204 Å². The molecule has 3 aromatic rings. The third kappa shape index (κ3) is 5.78. The van der Waals surface area contributed by atoms with Gasteiger partial charge in [0.2, 0.25) is 0 Å². The Kier molecular flexibility index (Phi) is 7.31. The van der Waals surface area contributed by atoms with Gasteiger partial charge in [-0.15, -0.1) is 0 Å². The number of amides is 1. The maximum absolute atomic E-state index is 12.9. The van der Waals surface area contributed by atoms with E-state index in [4.69, 9.17) is 18.9 Å². The van der Waals surface area contributed by atoms with Crippen LogP contribution in [0.15, 0.2) is 65.6 Å². The molecule has 1 amide bonds. The molecule has 4 rings (SSSR count). The molecule has 184 valence electrons. The second-order valence-corrected chi connectivity index (χ2v) is 9.40. The van der Waals surface area contributed by atoms with Gasteiger partial charge in [0.05, 0.1) is 32.3 Å². The fourth-order valence-corrected chi connectivity index (χ4v) is 4.59. The van der Waals surface area contributed by atoms with Crippen molar-refractivity contribution in [3.63, 3.8) is 0 Å². The van der Waals surface area contributed by atoms with Crippen LogP contribution in [0.2, 0.25) is 0 Å². The van der Waals surface area contributed by atoms with Gasteiger partial charge in [0.25, 0.3) is 15.9 Å². The van der Waals surface area contributed by atoms with E-state index >= 15 is 0 Å². The molecular weight excluding hydrogens is 472 g/mol. The van der Waals surface area contributed by atoms with Crippen molar-refractivity contribution in [2.45, 2.75) is 17.9 Å². The summed E-state index contributed by atoms with van der Waals surface area (Å²) in [5.74, 6) is 1.70. The molecule has 2 N–H and O–H groups in total. The maximum atomic E-state index is 12.9. The highest BCUT2D eigenvalue weighted by Gasteiger charge is 2.19. The monoisotopic (exact) mass is 498 g/mol. The second kappa shape index (κ2) is 10.6. The summed E-state index contributed by atoms with van der Waals surface area (Å²) in [7, 11) is -0.822. The molecule has 0 aromatic heterocycles. The average molecular weight is 499 g/mol. The quantitative estimate of drug-likeness (QED) is 0.488. The van der Waals surface area contributed by atoms with Gasteiger partial charge in [0.15, 0.2) is 23.0 Å². The van der Waals surface area contributed by atoms with Crippen molar-refractivity contribution in [2.24, 2.45) is 0 Å². The molecular formula is C25H26N2O7S. The summed E-state index contributed by atoms with van der Waals surface area (Å²) in [4.78, 5) is 12.7. The first kappa shape index (κ1) is 24.2. The summed E-state index contributed by atoms with van der Waals surface area (Å²) in [6, 6.07) is 16.1. The summed E-state index contributed by atoms with van der Waals surface area (Å²) >= 11 is 0. The van der Waals surface area contributed by atoms with E-state index in [0.717, 1.165) is 12.0 Å². The van der Waals surface area contributed by atoms with Crippen LogP contribution in [-0.4, -0.2) is 41.8 Å². The lowest BCUT2D eigenvalue weighted by atomic mass is 10.1. The van der Waals surface area contributed by atoms with Crippen LogP contribution in [0.4, 0.5) is 5.69 Å². The molecule has 0 unspecified atom stereocenters. The molecule has 0 bridgehead atoms. The minimum absolute atomic E-state index is 0.0325. The van der Waals surface area contributed by atoms with Gasteiger partial charge in [0.1, 0.15) is 0 Å². The van der Waals surface area contributed by atoms with Crippen LogP contribution in [0.25, 0.3) is 0 Å². The molecule has 3 aromatic carbocycles. The third-order valence-electron chi connectivity index (χ3n) is 5.31. The highest BCUT2D eigenvalue weighted by atomic mass is 32.2. The van der Waals surface area contributed by atoms with Crippen molar-refractivity contribution >= 4 is 21.6 Å². The van der Waals surface area contributed by atoms with E-state index in [1.165, 1.54) is 18.2 Å². The third-order valence-corrected chi connectivity index (χ3v) is 6.69. The summed E-state index contributed by atoms with van der Waals surface area (Å²) < 4.78 is 50.1. The Morgan fingerprint density at radius 3 is 2.46 bits per heavy atom. The van der Waals surface area contributed by atoms with Gasteiger partial charge in [-0.25, -0.2) is 8.42 Å². The van der Waals surface area contributed by atoms with Crippen LogP contribution in [-0.2, 0) is 16.6 Å². The predicted octanol–water partition coefficient (Wildman–Crippen LogP) is 3.60. The molecule has 1 aliphatic rings. The highest BCUT2D eigenvalue weighted by molar-refractivity contribution is 7.92. The molecule has 1 heterocycles. The van der Waals surface area contributed by atoms with Crippen molar-refractivity contribution in [1.82, 2.24) is 5.32 Å². The molecule has 0 radical (unpaired) electrons. The largest absolute Gasteiger partial charge is 0.493 e. The van der Waals surface area contributed by atoms with E-state index < -0.39 is 10.0 Å². The van der Waals surface area contributed by atoms with Gasteiger partial charge in [0, 0.05) is 30.3 Å². The lowest BCUT2D eigenvalue weighted by Crippen LogP contribution is -2.23. The molecule has 35 heavy (non-hydrogen) atoms. The Hall–Kier alpha value is -3.92.